The fourth-order valence-corrected chi connectivity index (χ4v) is 4.56. The topological polar surface area (TPSA) is 89.5 Å². The summed E-state index contributed by atoms with van der Waals surface area (Å²) in [6.07, 6.45) is 0.795. The maximum absolute atomic E-state index is 13.2. The Hall–Kier alpha value is -2.67. The van der Waals surface area contributed by atoms with E-state index < -0.39 is 11.4 Å². The lowest BCUT2D eigenvalue weighted by atomic mass is 9.73. The van der Waals surface area contributed by atoms with Crippen molar-refractivity contribution in [3.8, 4) is 11.3 Å². The number of piperidine rings is 1. The molecule has 27 heavy (non-hydrogen) atoms. The number of hydrogen-bond acceptors (Lipinski definition) is 4. The van der Waals surface area contributed by atoms with Crippen molar-refractivity contribution in [1.29, 1.82) is 0 Å². The minimum atomic E-state index is -0.876. The normalized spacial score (nSPS) is 25.4. The molecule has 2 aliphatic heterocycles. The van der Waals surface area contributed by atoms with Crippen LogP contribution in [0.3, 0.4) is 0 Å². The average Bonchev–Trinajstić information content (AvgIpc) is 3.23. The van der Waals surface area contributed by atoms with Gasteiger partial charge in [0.2, 0.25) is 0 Å². The van der Waals surface area contributed by atoms with Gasteiger partial charge < -0.3 is 14.9 Å². The van der Waals surface area contributed by atoms with Crippen LogP contribution in [0.15, 0.2) is 30.3 Å². The summed E-state index contributed by atoms with van der Waals surface area (Å²) < 4.78 is 0. The summed E-state index contributed by atoms with van der Waals surface area (Å²) in [5.74, 6) is -0.979. The van der Waals surface area contributed by atoms with Crippen LogP contribution < -0.4 is 0 Å². The largest absolute Gasteiger partial charge is 0.481 e. The van der Waals surface area contributed by atoms with Crippen molar-refractivity contribution in [2.45, 2.75) is 13.3 Å². The summed E-state index contributed by atoms with van der Waals surface area (Å²) in [5.41, 5.74) is 2.06. The van der Waals surface area contributed by atoms with Crippen LogP contribution in [0.4, 0.5) is 0 Å². The van der Waals surface area contributed by atoms with Crippen LogP contribution in [-0.4, -0.2) is 70.2 Å². The first-order valence-corrected chi connectivity index (χ1v) is 9.24. The molecule has 142 valence electrons. The van der Waals surface area contributed by atoms with Gasteiger partial charge in [-0.2, -0.15) is 5.10 Å². The third-order valence-corrected chi connectivity index (χ3v) is 6.09. The van der Waals surface area contributed by atoms with Gasteiger partial charge in [-0.3, -0.25) is 14.7 Å². The molecule has 2 aromatic rings. The number of nitrogens with one attached hydrogen (secondary N) is 1. The number of carboxylic acid groups (broad SMARTS) is 1. The van der Waals surface area contributed by atoms with Crippen molar-refractivity contribution in [3.63, 3.8) is 0 Å². The number of aromatic amines is 1. The zero-order valence-corrected chi connectivity index (χ0v) is 15.6. The number of hydrogen-bond donors (Lipinski definition) is 2. The summed E-state index contributed by atoms with van der Waals surface area (Å²) >= 11 is 0. The van der Waals surface area contributed by atoms with E-state index in [0.717, 1.165) is 29.8 Å². The number of amides is 1. The van der Waals surface area contributed by atoms with E-state index in [2.05, 4.69) is 10.2 Å². The summed E-state index contributed by atoms with van der Waals surface area (Å²) in [6.45, 7) is 3.95. The van der Waals surface area contributed by atoms with Crippen LogP contribution >= 0.6 is 0 Å². The molecule has 2 N–H and O–H groups in total. The number of rotatable bonds is 3. The zero-order valence-electron chi connectivity index (χ0n) is 15.6. The fourth-order valence-electron chi connectivity index (χ4n) is 4.56. The second-order valence-corrected chi connectivity index (χ2v) is 7.81. The lowest BCUT2D eigenvalue weighted by Crippen LogP contribution is -2.52. The smallest absolute Gasteiger partial charge is 0.313 e. The number of carboxylic acids is 1. The van der Waals surface area contributed by atoms with Crippen LogP contribution in [0.5, 0.6) is 0 Å². The number of aliphatic carboxylic acids is 1. The highest BCUT2D eigenvalue weighted by Crippen LogP contribution is 2.42. The van der Waals surface area contributed by atoms with Crippen LogP contribution in [0.1, 0.15) is 22.5 Å². The molecular formula is C20H24N4O3. The van der Waals surface area contributed by atoms with E-state index in [-0.39, 0.29) is 18.4 Å². The molecule has 2 aliphatic rings. The minimum absolute atomic E-state index is 0.00743. The molecule has 0 unspecified atom stereocenters. The van der Waals surface area contributed by atoms with E-state index in [0.29, 0.717) is 18.8 Å². The van der Waals surface area contributed by atoms with E-state index >= 15 is 0 Å². The predicted molar refractivity (Wildman–Crippen MR) is 100 cm³/mol. The van der Waals surface area contributed by atoms with Crippen LogP contribution in [0, 0.1) is 18.3 Å². The Labute approximate surface area is 158 Å². The molecular weight excluding hydrogens is 344 g/mol. The molecule has 0 bridgehead atoms. The van der Waals surface area contributed by atoms with E-state index in [1.54, 1.807) is 4.90 Å². The fraction of sp³-hybridized carbons (Fsp3) is 0.450. The van der Waals surface area contributed by atoms with E-state index in [1.165, 1.54) is 0 Å². The molecule has 1 amide bonds. The van der Waals surface area contributed by atoms with Crippen molar-refractivity contribution < 1.29 is 14.7 Å². The van der Waals surface area contributed by atoms with Gasteiger partial charge in [0.15, 0.2) is 0 Å². The number of H-pyrrole nitrogens is 1. The quantitative estimate of drug-likeness (QED) is 0.863. The Morgan fingerprint density at radius 3 is 2.70 bits per heavy atom. The third-order valence-electron chi connectivity index (χ3n) is 6.09. The molecule has 0 saturated carbocycles. The minimum Gasteiger partial charge on any atom is -0.481 e. The first-order chi connectivity index (χ1) is 12.9. The summed E-state index contributed by atoms with van der Waals surface area (Å²) in [6, 6.07) is 9.71. The third kappa shape index (κ3) is 2.82. The van der Waals surface area contributed by atoms with Crippen LogP contribution in [0.25, 0.3) is 11.3 Å². The SMILES string of the molecule is Cc1c(-c2ccccc2)n[nH]c1C(=O)N1C[C@H]2CCN(C)C[C@@]2(C(=O)O)C1. The monoisotopic (exact) mass is 368 g/mol. The number of aromatic nitrogens is 2. The maximum atomic E-state index is 13.2. The van der Waals surface area contributed by atoms with Crippen molar-refractivity contribution in [2.24, 2.45) is 11.3 Å². The molecule has 3 heterocycles. The maximum Gasteiger partial charge on any atom is 0.313 e. The Kier molecular flexibility index (Phi) is 4.26. The second kappa shape index (κ2) is 6.49. The molecule has 2 atom stereocenters. The number of benzene rings is 1. The van der Waals surface area contributed by atoms with Gasteiger partial charge >= 0.3 is 5.97 Å². The van der Waals surface area contributed by atoms with Crippen molar-refractivity contribution in [2.75, 3.05) is 33.2 Å². The van der Waals surface area contributed by atoms with E-state index in [1.807, 2.05) is 49.2 Å². The number of nitrogens with zero attached hydrogens (tertiary/aromatic N) is 3. The number of carbonyl (C=O) groups excluding carboxylic acids is 1. The molecule has 0 radical (unpaired) electrons. The second-order valence-electron chi connectivity index (χ2n) is 7.81. The Morgan fingerprint density at radius 2 is 2.00 bits per heavy atom. The van der Waals surface area contributed by atoms with Crippen molar-refractivity contribution in [1.82, 2.24) is 20.0 Å². The number of fused-ring (bicyclic) bond motifs is 1. The van der Waals surface area contributed by atoms with Crippen LogP contribution in [-0.2, 0) is 4.79 Å². The lowest BCUT2D eigenvalue weighted by Gasteiger charge is -2.39. The molecule has 7 heteroatoms. The van der Waals surface area contributed by atoms with Gasteiger partial charge in [0.05, 0.1) is 5.69 Å². The molecule has 2 fully saturated rings. The molecule has 1 aromatic carbocycles. The van der Waals surface area contributed by atoms with Gasteiger partial charge in [-0.1, -0.05) is 30.3 Å². The average molecular weight is 368 g/mol. The van der Waals surface area contributed by atoms with Crippen molar-refractivity contribution >= 4 is 11.9 Å². The molecule has 2 saturated heterocycles. The van der Waals surface area contributed by atoms with E-state index in [9.17, 15) is 14.7 Å². The Morgan fingerprint density at radius 1 is 1.26 bits per heavy atom. The van der Waals surface area contributed by atoms with E-state index in [4.69, 9.17) is 0 Å². The summed E-state index contributed by atoms with van der Waals surface area (Å²) in [7, 11) is 1.94. The Balaban J connectivity index is 1.61. The van der Waals surface area contributed by atoms with Gasteiger partial charge in [-0.05, 0) is 32.9 Å². The highest BCUT2D eigenvalue weighted by Gasteiger charge is 2.55. The molecule has 0 spiro atoms. The van der Waals surface area contributed by atoms with Gasteiger partial charge in [0.1, 0.15) is 11.1 Å². The van der Waals surface area contributed by atoms with Gasteiger partial charge in [0, 0.05) is 30.8 Å². The molecule has 0 aliphatic carbocycles. The standard InChI is InChI=1S/C20H24N4O3/c1-13-16(14-6-4-3-5-7-14)21-22-17(13)18(25)24-10-15-8-9-23(2)11-20(15,12-24)19(26)27/h3-7,15H,8-12H2,1-2H3,(H,21,22)(H,26,27)/t15-,20-/m1/s1. The number of likely N-dealkylation sites (tertiary alicyclic amines) is 2. The zero-order chi connectivity index (χ0) is 19.2. The first-order valence-electron chi connectivity index (χ1n) is 9.24. The Bertz CT molecular complexity index is 879. The highest BCUT2D eigenvalue weighted by molar-refractivity contribution is 5.96. The molecule has 4 rings (SSSR count). The van der Waals surface area contributed by atoms with Crippen molar-refractivity contribution in [3.05, 3.63) is 41.6 Å². The first kappa shape index (κ1) is 17.7. The predicted octanol–water partition coefficient (Wildman–Crippen LogP) is 1.86. The lowest BCUT2D eigenvalue weighted by molar-refractivity contribution is -0.153. The number of carbonyl (C=O) groups is 2. The molecule has 7 nitrogen and oxygen atoms in total. The van der Waals surface area contributed by atoms with Gasteiger partial charge in [-0.15, -0.1) is 0 Å². The summed E-state index contributed by atoms with van der Waals surface area (Å²) in [5, 5.41) is 17.1. The summed E-state index contributed by atoms with van der Waals surface area (Å²) in [4.78, 5) is 29.0. The molecule has 1 aromatic heterocycles. The van der Waals surface area contributed by atoms with Gasteiger partial charge in [0.25, 0.3) is 5.91 Å². The highest BCUT2D eigenvalue weighted by atomic mass is 16.4. The van der Waals surface area contributed by atoms with Gasteiger partial charge in [-0.25, -0.2) is 0 Å². The van der Waals surface area contributed by atoms with Crippen LogP contribution in [0.2, 0.25) is 0 Å².